The fourth-order valence-corrected chi connectivity index (χ4v) is 2.08. The van der Waals surface area contributed by atoms with E-state index in [1.54, 1.807) is 26.2 Å². The van der Waals surface area contributed by atoms with Crippen molar-refractivity contribution in [3.05, 3.63) is 65.0 Å². The molecule has 2 rings (SSSR count). The summed E-state index contributed by atoms with van der Waals surface area (Å²) >= 11 is 0. The zero-order chi connectivity index (χ0) is 18.4. The molecule has 1 amide bonds. The van der Waals surface area contributed by atoms with Gasteiger partial charge in [0.1, 0.15) is 11.6 Å². The van der Waals surface area contributed by atoms with E-state index in [9.17, 15) is 14.0 Å². The molecule has 2 aromatic carbocycles. The van der Waals surface area contributed by atoms with Gasteiger partial charge in [0, 0.05) is 6.54 Å². The first-order valence-corrected chi connectivity index (χ1v) is 7.78. The van der Waals surface area contributed by atoms with Crippen LogP contribution in [0.25, 0.3) is 0 Å². The van der Waals surface area contributed by atoms with E-state index in [1.807, 2.05) is 12.1 Å². The van der Waals surface area contributed by atoms with Gasteiger partial charge in [-0.05, 0) is 49.2 Å². The van der Waals surface area contributed by atoms with E-state index in [0.717, 1.165) is 17.4 Å². The Morgan fingerprint density at radius 3 is 2.44 bits per heavy atom. The van der Waals surface area contributed by atoms with E-state index in [1.165, 1.54) is 19.1 Å². The molecule has 6 heteroatoms. The Labute approximate surface area is 145 Å². The van der Waals surface area contributed by atoms with E-state index < -0.39 is 23.8 Å². The summed E-state index contributed by atoms with van der Waals surface area (Å²) in [5.41, 5.74) is 1.38. The van der Waals surface area contributed by atoms with Crippen LogP contribution in [0.15, 0.2) is 42.5 Å². The van der Waals surface area contributed by atoms with Gasteiger partial charge in [-0.2, -0.15) is 0 Å². The lowest BCUT2D eigenvalue weighted by Gasteiger charge is -2.14. The first kappa shape index (κ1) is 18.4. The number of carbonyl (C=O) groups excluding carboxylic acids is 2. The minimum atomic E-state index is -0.991. The number of nitrogens with one attached hydrogen (secondary N) is 1. The second-order valence-electron chi connectivity index (χ2n) is 5.58. The topological polar surface area (TPSA) is 64.6 Å². The van der Waals surface area contributed by atoms with Gasteiger partial charge < -0.3 is 14.8 Å². The molecule has 5 nitrogen and oxygen atoms in total. The second-order valence-corrected chi connectivity index (χ2v) is 5.58. The highest BCUT2D eigenvalue weighted by Crippen LogP contribution is 2.12. The zero-order valence-corrected chi connectivity index (χ0v) is 14.3. The van der Waals surface area contributed by atoms with E-state index in [2.05, 4.69) is 5.32 Å². The third-order valence-electron chi connectivity index (χ3n) is 3.69. The van der Waals surface area contributed by atoms with Crippen molar-refractivity contribution in [3.8, 4) is 5.75 Å². The van der Waals surface area contributed by atoms with Crippen LogP contribution < -0.4 is 10.1 Å². The van der Waals surface area contributed by atoms with Crippen molar-refractivity contribution in [1.82, 2.24) is 5.32 Å². The number of esters is 1. The van der Waals surface area contributed by atoms with E-state index in [4.69, 9.17) is 9.47 Å². The smallest absolute Gasteiger partial charge is 0.339 e. The molecule has 2 aromatic rings. The number of aryl methyl sites for hydroxylation is 1. The lowest BCUT2D eigenvalue weighted by molar-refractivity contribution is -0.129. The second kappa shape index (κ2) is 8.28. The van der Waals surface area contributed by atoms with E-state index in [-0.39, 0.29) is 5.56 Å². The summed E-state index contributed by atoms with van der Waals surface area (Å²) in [7, 11) is 1.58. The maximum Gasteiger partial charge on any atom is 0.339 e. The van der Waals surface area contributed by atoms with E-state index >= 15 is 0 Å². The maximum atomic E-state index is 13.5. The van der Waals surface area contributed by atoms with Gasteiger partial charge in [-0.1, -0.05) is 18.2 Å². The monoisotopic (exact) mass is 345 g/mol. The Kier molecular flexibility index (Phi) is 6.11. The summed E-state index contributed by atoms with van der Waals surface area (Å²) in [4.78, 5) is 24.0. The molecule has 0 aliphatic carbocycles. The number of rotatable bonds is 6. The lowest BCUT2D eigenvalue weighted by atomic mass is 10.1. The summed E-state index contributed by atoms with van der Waals surface area (Å²) in [5.74, 6) is -0.948. The maximum absolute atomic E-state index is 13.5. The zero-order valence-electron chi connectivity index (χ0n) is 14.3. The Balaban J connectivity index is 1.88. The predicted molar refractivity (Wildman–Crippen MR) is 90.9 cm³/mol. The standard InChI is InChI=1S/C19H20FNO4/c1-12-4-7-15(10-17(12)20)19(23)25-13(2)18(22)21-11-14-5-8-16(24-3)9-6-14/h4-10,13H,11H2,1-3H3,(H,21,22)/t13-/m0/s1. The Morgan fingerprint density at radius 1 is 1.16 bits per heavy atom. The van der Waals surface area contributed by atoms with Gasteiger partial charge in [0.25, 0.3) is 5.91 Å². The molecule has 0 spiro atoms. The van der Waals surface area contributed by atoms with Gasteiger partial charge in [-0.3, -0.25) is 4.79 Å². The van der Waals surface area contributed by atoms with Crippen LogP contribution in [0.4, 0.5) is 4.39 Å². The summed E-state index contributed by atoms with van der Waals surface area (Å²) in [6.07, 6.45) is -0.991. The van der Waals surface area contributed by atoms with Crippen molar-refractivity contribution in [3.63, 3.8) is 0 Å². The van der Waals surface area contributed by atoms with Gasteiger partial charge in [-0.25, -0.2) is 9.18 Å². The van der Waals surface area contributed by atoms with Crippen LogP contribution in [0, 0.1) is 12.7 Å². The molecule has 0 unspecified atom stereocenters. The number of hydrogen-bond donors (Lipinski definition) is 1. The fraction of sp³-hybridized carbons (Fsp3) is 0.263. The first-order chi connectivity index (χ1) is 11.9. The van der Waals surface area contributed by atoms with Crippen molar-refractivity contribution < 1.29 is 23.5 Å². The molecule has 25 heavy (non-hydrogen) atoms. The number of amides is 1. The van der Waals surface area contributed by atoms with Crippen LogP contribution in [0.2, 0.25) is 0 Å². The molecule has 132 valence electrons. The molecular weight excluding hydrogens is 325 g/mol. The lowest BCUT2D eigenvalue weighted by Crippen LogP contribution is -2.35. The van der Waals surface area contributed by atoms with Crippen LogP contribution in [-0.4, -0.2) is 25.1 Å². The quantitative estimate of drug-likeness (QED) is 0.818. The summed E-state index contributed by atoms with van der Waals surface area (Å²) in [6.45, 7) is 3.36. The van der Waals surface area contributed by atoms with Crippen LogP contribution in [0.1, 0.15) is 28.4 Å². The molecule has 0 saturated heterocycles. The highest BCUT2D eigenvalue weighted by atomic mass is 19.1. The Bertz CT molecular complexity index is 759. The number of carbonyl (C=O) groups is 2. The Hall–Kier alpha value is -2.89. The average molecular weight is 345 g/mol. The summed E-state index contributed by atoms with van der Waals surface area (Å²) in [5, 5.41) is 2.68. The molecule has 0 aromatic heterocycles. The van der Waals surface area contributed by atoms with E-state index in [0.29, 0.717) is 12.1 Å². The van der Waals surface area contributed by atoms with Crippen LogP contribution >= 0.6 is 0 Å². The molecule has 0 bridgehead atoms. The van der Waals surface area contributed by atoms with Gasteiger partial charge in [-0.15, -0.1) is 0 Å². The largest absolute Gasteiger partial charge is 0.497 e. The number of ether oxygens (including phenoxy) is 2. The predicted octanol–water partition coefficient (Wildman–Crippen LogP) is 3.00. The third kappa shape index (κ3) is 5.04. The minimum Gasteiger partial charge on any atom is -0.497 e. The van der Waals surface area contributed by atoms with Crippen LogP contribution in [-0.2, 0) is 16.1 Å². The highest BCUT2D eigenvalue weighted by molar-refractivity contribution is 5.92. The average Bonchev–Trinajstić information content (AvgIpc) is 2.62. The molecule has 0 aliphatic heterocycles. The highest BCUT2D eigenvalue weighted by Gasteiger charge is 2.19. The van der Waals surface area contributed by atoms with Gasteiger partial charge in [0.05, 0.1) is 12.7 Å². The van der Waals surface area contributed by atoms with Gasteiger partial charge in [0.15, 0.2) is 6.10 Å². The SMILES string of the molecule is COc1ccc(CNC(=O)[C@H](C)OC(=O)c2ccc(C)c(F)c2)cc1. The molecule has 0 heterocycles. The number of methoxy groups -OCH3 is 1. The number of hydrogen-bond acceptors (Lipinski definition) is 4. The van der Waals surface area contributed by atoms with Crippen molar-refractivity contribution in [2.24, 2.45) is 0 Å². The van der Waals surface area contributed by atoms with Gasteiger partial charge in [0.2, 0.25) is 0 Å². The molecule has 1 atom stereocenters. The van der Waals surface area contributed by atoms with Crippen molar-refractivity contribution in [2.45, 2.75) is 26.5 Å². The molecular formula is C19H20FNO4. The molecule has 0 saturated carbocycles. The molecule has 0 fully saturated rings. The summed E-state index contributed by atoms with van der Waals surface area (Å²) < 4.78 is 23.6. The molecule has 0 radical (unpaired) electrons. The van der Waals surface area contributed by atoms with Gasteiger partial charge >= 0.3 is 5.97 Å². The minimum absolute atomic E-state index is 0.0675. The first-order valence-electron chi connectivity index (χ1n) is 7.78. The number of halogens is 1. The van der Waals surface area contributed by atoms with Crippen LogP contribution in [0.3, 0.4) is 0 Å². The third-order valence-corrected chi connectivity index (χ3v) is 3.69. The summed E-state index contributed by atoms with van der Waals surface area (Å²) in [6, 6.07) is 11.3. The normalized spacial score (nSPS) is 11.5. The van der Waals surface area contributed by atoms with Crippen molar-refractivity contribution in [1.29, 1.82) is 0 Å². The van der Waals surface area contributed by atoms with Crippen molar-refractivity contribution in [2.75, 3.05) is 7.11 Å². The fourth-order valence-electron chi connectivity index (χ4n) is 2.08. The number of benzene rings is 2. The molecule has 0 aliphatic rings. The molecule has 1 N–H and O–H groups in total. The Morgan fingerprint density at radius 2 is 1.84 bits per heavy atom. The van der Waals surface area contributed by atoms with Crippen molar-refractivity contribution >= 4 is 11.9 Å². The van der Waals surface area contributed by atoms with Crippen LogP contribution in [0.5, 0.6) is 5.75 Å².